The first-order chi connectivity index (χ1) is 19.1. The van der Waals surface area contributed by atoms with Crippen molar-refractivity contribution in [2.24, 2.45) is 0 Å². The molecule has 0 saturated carbocycles. The zero-order valence-electron chi connectivity index (χ0n) is 23.0. The quantitative estimate of drug-likeness (QED) is 0.333. The van der Waals surface area contributed by atoms with Crippen molar-refractivity contribution in [2.75, 3.05) is 31.6 Å². The van der Waals surface area contributed by atoms with Crippen LogP contribution in [-0.4, -0.2) is 58.5 Å². The molecule has 0 aliphatic rings. The van der Waals surface area contributed by atoms with E-state index in [-0.39, 0.29) is 28.4 Å². The Morgan fingerprint density at radius 3 is 2.23 bits per heavy atom. The van der Waals surface area contributed by atoms with Crippen LogP contribution in [0.4, 0.5) is 10.1 Å². The molecule has 0 unspecified atom stereocenters. The van der Waals surface area contributed by atoms with Gasteiger partial charge in [-0.05, 0) is 43.7 Å². The van der Waals surface area contributed by atoms with Crippen molar-refractivity contribution in [3.05, 3.63) is 84.2 Å². The summed E-state index contributed by atoms with van der Waals surface area (Å²) in [6.45, 7) is 2.91. The standard InChI is InChI=1S/C29H34FN3O6S/c1-5-17-31-29(35)21(2)32(19-22-11-9-10-14-25(22)30)28(34)20-33(40(36,37)24-12-7-6-8-13-24)23-15-16-26(38-3)27(18-23)39-4/h6-16,18,21H,5,17,19-20H2,1-4H3,(H,31,35)/t21-/m0/s1. The molecule has 3 aromatic carbocycles. The summed E-state index contributed by atoms with van der Waals surface area (Å²) in [6, 6.07) is 17.1. The Bertz CT molecular complexity index is 1420. The number of methoxy groups -OCH3 is 2. The van der Waals surface area contributed by atoms with E-state index in [0.717, 1.165) is 4.31 Å². The molecule has 0 bridgehead atoms. The fourth-order valence-corrected chi connectivity index (χ4v) is 5.44. The van der Waals surface area contributed by atoms with Crippen molar-refractivity contribution in [2.45, 2.75) is 37.8 Å². The third-order valence-electron chi connectivity index (χ3n) is 6.28. The minimum Gasteiger partial charge on any atom is -0.493 e. The summed E-state index contributed by atoms with van der Waals surface area (Å²) < 4.78 is 53.9. The largest absolute Gasteiger partial charge is 0.493 e. The third kappa shape index (κ3) is 7.09. The average molecular weight is 572 g/mol. The van der Waals surface area contributed by atoms with Crippen molar-refractivity contribution >= 4 is 27.5 Å². The Morgan fingerprint density at radius 1 is 0.950 bits per heavy atom. The molecule has 0 fully saturated rings. The number of halogens is 1. The molecule has 214 valence electrons. The van der Waals surface area contributed by atoms with Gasteiger partial charge >= 0.3 is 0 Å². The zero-order chi connectivity index (χ0) is 29.3. The van der Waals surface area contributed by atoms with Crippen LogP contribution in [0, 0.1) is 5.82 Å². The van der Waals surface area contributed by atoms with E-state index in [1.54, 1.807) is 24.3 Å². The van der Waals surface area contributed by atoms with Crippen LogP contribution >= 0.6 is 0 Å². The van der Waals surface area contributed by atoms with Gasteiger partial charge in [-0.1, -0.05) is 43.3 Å². The van der Waals surface area contributed by atoms with E-state index in [0.29, 0.717) is 18.7 Å². The summed E-state index contributed by atoms with van der Waals surface area (Å²) >= 11 is 0. The molecule has 0 radical (unpaired) electrons. The van der Waals surface area contributed by atoms with Crippen LogP contribution in [0.1, 0.15) is 25.8 Å². The van der Waals surface area contributed by atoms with Gasteiger partial charge in [0.05, 0.1) is 24.8 Å². The van der Waals surface area contributed by atoms with Crippen molar-refractivity contribution in [3.63, 3.8) is 0 Å². The first-order valence-corrected chi connectivity index (χ1v) is 14.2. The monoisotopic (exact) mass is 571 g/mol. The third-order valence-corrected chi connectivity index (χ3v) is 8.07. The number of nitrogens with one attached hydrogen (secondary N) is 1. The zero-order valence-corrected chi connectivity index (χ0v) is 23.8. The number of hydrogen-bond donors (Lipinski definition) is 1. The Hall–Kier alpha value is -4.12. The summed E-state index contributed by atoms with van der Waals surface area (Å²) in [5.74, 6) is -1.05. The van der Waals surface area contributed by atoms with E-state index >= 15 is 0 Å². The second-order valence-corrected chi connectivity index (χ2v) is 10.8. The van der Waals surface area contributed by atoms with Gasteiger partial charge in [-0.2, -0.15) is 0 Å². The Balaban J connectivity index is 2.07. The van der Waals surface area contributed by atoms with Gasteiger partial charge in [0.1, 0.15) is 18.4 Å². The van der Waals surface area contributed by atoms with Crippen LogP contribution in [-0.2, 0) is 26.2 Å². The molecule has 3 rings (SSSR count). The number of hydrogen-bond acceptors (Lipinski definition) is 6. The molecular formula is C29H34FN3O6S. The summed E-state index contributed by atoms with van der Waals surface area (Å²) in [7, 11) is -1.39. The van der Waals surface area contributed by atoms with Crippen LogP contribution in [0.5, 0.6) is 11.5 Å². The number of nitrogens with zero attached hydrogens (tertiary/aromatic N) is 2. The molecule has 0 aliphatic carbocycles. The average Bonchev–Trinajstić information content (AvgIpc) is 2.97. The number of ether oxygens (including phenoxy) is 2. The van der Waals surface area contributed by atoms with Gasteiger partial charge in [-0.15, -0.1) is 0 Å². The van der Waals surface area contributed by atoms with Crippen LogP contribution in [0.25, 0.3) is 0 Å². The van der Waals surface area contributed by atoms with Crippen LogP contribution in [0.2, 0.25) is 0 Å². The maximum Gasteiger partial charge on any atom is 0.264 e. The maximum atomic E-state index is 14.6. The van der Waals surface area contributed by atoms with Gasteiger partial charge in [-0.3, -0.25) is 13.9 Å². The first-order valence-electron chi connectivity index (χ1n) is 12.7. The van der Waals surface area contributed by atoms with Gasteiger partial charge in [0.15, 0.2) is 11.5 Å². The lowest BCUT2D eigenvalue weighted by Gasteiger charge is -2.32. The molecule has 40 heavy (non-hydrogen) atoms. The van der Waals surface area contributed by atoms with Crippen LogP contribution < -0.4 is 19.1 Å². The number of sulfonamides is 1. The van der Waals surface area contributed by atoms with E-state index < -0.39 is 40.2 Å². The molecule has 0 spiro atoms. The fourth-order valence-electron chi connectivity index (χ4n) is 4.02. The number of benzene rings is 3. The highest BCUT2D eigenvalue weighted by molar-refractivity contribution is 7.92. The molecule has 0 aromatic heterocycles. The fraction of sp³-hybridized carbons (Fsp3) is 0.310. The smallest absolute Gasteiger partial charge is 0.264 e. The summed E-state index contributed by atoms with van der Waals surface area (Å²) in [5.41, 5.74) is 0.332. The van der Waals surface area contributed by atoms with Crippen molar-refractivity contribution in [1.82, 2.24) is 10.2 Å². The Kier molecular flexibility index (Phi) is 10.5. The maximum absolute atomic E-state index is 14.6. The minimum absolute atomic E-state index is 0.0352. The predicted molar refractivity (Wildman–Crippen MR) is 150 cm³/mol. The van der Waals surface area contributed by atoms with Crippen LogP contribution in [0.3, 0.4) is 0 Å². The summed E-state index contributed by atoms with van der Waals surface area (Å²) in [5, 5.41) is 2.75. The summed E-state index contributed by atoms with van der Waals surface area (Å²) in [4.78, 5) is 27.9. The summed E-state index contributed by atoms with van der Waals surface area (Å²) in [6.07, 6.45) is 0.683. The number of carbonyl (C=O) groups is 2. The second kappa shape index (κ2) is 13.8. The van der Waals surface area contributed by atoms with Crippen molar-refractivity contribution < 1.29 is 31.9 Å². The van der Waals surface area contributed by atoms with Gasteiger partial charge in [0.25, 0.3) is 10.0 Å². The van der Waals surface area contributed by atoms with Crippen molar-refractivity contribution in [3.8, 4) is 11.5 Å². The number of rotatable bonds is 13. The molecule has 0 aliphatic heterocycles. The van der Waals surface area contributed by atoms with E-state index in [1.165, 1.54) is 74.6 Å². The highest BCUT2D eigenvalue weighted by Gasteiger charge is 2.33. The van der Waals surface area contributed by atoms with Crippen molar-refractivity contribution in [1.29, 1.82) is 0 Å². The van der Waals surface area contributed by atoms with Gasteiger partial charge < -0.3 is 19.7 Å². The molecular weight excluding hydrogens is 537 g/mol. The minimum atomic E-state index is -4.25. The van der Waals surface area contributed by atoms with Gasteiger partial charge in [0.2, 0.25) is 11.8 Å². The lowest BCUT2D eigenvalue weighted by Crippen LogP contribution is -2.51. The Labute approximate surface area is 234 Å². The second-order valence-electron chi connectivity index (χ2n) is 8.94. The molecule has 1 atom stereocenters. The Morgan fingerprint density at radius 2 is 1.60 bits per heavy atom. The molecule has 1 N–H and O–H groups in total. The molecule has 9 nitrogen and oxygen atoms in total. The number of amides is 2. The van der Waals surface area contributed by atoms with Gasteiger partial charge in [0, 0.05) is 24.7 Å². The number of carbonyl (C=O) groups excluding carboxylic acids is 2. The van der Waals surface area contributed by atoms with Gasteiger partial charge in [-0.25, -0.2) is 12.8 Å². The number of anilines is 1. The van der Waals surface area contributed by atoms with E-state index in [4.69, 9.17) is 9.47 Å². The normalized spacial score (nSPS) is 11.8. The first kappa shape index (κ1) is 30.4. The molecule has 0 heterocycles. The lowest BCUT2D eigenvalue weighted by molar-refractivity contribution is -0.139. The molecule has 0 saturated heterocycles. The lowest BCUT2D eigenvalue weighted by atomic mass is 10.1. The topological polar surface area (TPSA) is 105 Å². The van der Waals surface area contributed by atoms with E-state index in [9.17, 15) is 22.4 Å². The van der Waals surface area contributed by atoms with Crippen LogP contribution in [0.15, 0.2) is 77.7 Å². The van der Waals surface area contributed by atoms with E-state index in [1.807, 2.05) is 6.92 Å². The molecule has 2 amide bonds. The highest BCUT2D eigenvalue weighted by Crippen LogP contribution is 2.34. The predicted octanol–water partition coefficient (Wildman–Crippen LogP) is 3.98. The van der Waals surface area contributed by atoms with E-state index in [2.05, 4.69) is 5.32 Å². The highest BCUT2D eigenvalue weighted by atomic mass is 32.2. The molecule has 11 heteroatoms. The SMILES string of the molecule is CCCNC(=O)[C@H](C)N(Cc1ccccc1F)C(=O)CN(c1ccc(OC)c(OC)c1)S(=O)(=O)c1ccccc1. The molecule has 3 aromatic rings.